The summed E-state index contributed by atoms with van der Waals surface area (Å²) in [6.07, 6.45) is 10.9. The first-order valence-electron chi connectivity index (χ1n) is 15.9. The molecule has 1 saturated heterocycles. The molecule has 3 saturated carbocycles. The molecule has 44 heavy (non-hydrogen) atoms. The van der Waals surface area contributed by atoms with E-state index in [4.69, 9.17) is 10.1 Å². The highest BCUT2D eigenvalue weighted by molar-refractivity contribution is 6.23. The Bertz CT molecular complexity index is 1710. The zero-order valence-corrected chi connectivity index (χ0v) is 24.8. The first kappa shape index (κ1) is 27.2. The van der Waals surface area contributed by atoms with E-state index in [9.17, 15) is 19.2 Å². The average Bonchev–Trinajstić information content (AvgIpc) is 3.67. The highest BCUT2D eigenvalue weighted by Gasteiger charge is 2.53. The predicted molar refractivity (Wildman–Crippen MR) is 162 cm³/mol. The van der Waals surface area contributed by atoms with Crippen molar-refractivity contribution in [1.29, 1.82) is 0 Å². The first-order valence-corrected chi connectivity index (χ1v) is 15.9. The van der Waals surface area contributed by atoms with E-state index < -0.39 is 23.8 Å². The Balaban J connectivity index is 0.839. The molecule has 226 valence electrons. The van der Waals surface area contributed by atoms with Gasteiger partial charge in [-0.25, -0.2) is 0 Å². The van der Waals surface area contributed by atoms with Gasteiger partial charge in [0.1, 0.15) is 6.04 Å². The molecule has 1 spiro atoms. The molecule has 3 aliphatic carbocycles. The van der Waals surface area contributed by atoms with E-state index >= 15 is 0 Å². The summed E-state index contributed by atoms with van der Waals surface area (Å²) < 4.78 is 2.23. The molecule has 1 unspecified atom stereocenters. The second-order valence-corrected chi connectivity index (χ2v) is 13.6. The molecule has 4 heterocycles. The molecule has 4 fully saturated rings. The van der Waals surface area contributed by atoms with E-state index in [2.05, 4.69) is 33.6 Å². The molecule has 0 radical (unpaired) electrons. The largest absolute Gasteiger partial charge is 0.385 e. The van der Waals surface area contributed by atoms with Crippen LogP contribution >= 0.6 is 0 Å². The van der Waals surface area contributed by atoms with Gasteiger partial charge in [0, 0.05) is 42.0 Å². The lowest BCUT2D eigenvalue weighted by Crippen LogP contribution is -2.54. The quantitative estimate of drug-likeness (QED) is 0.361. The molecular weight excluding hydrogens is 556 g/mol. The third kappa shape index (κ3) is 4.62. The van der Waals surface area contributed by atoms with Gasteiger partial charge in [-0.1, -0.05) is 6.07 Å². The third-order valence-corrected chi connectivity index (χ3v) is 10.4. The minimum Gasteiger partial charge on any atom is -0.385 e. The zero-order valence-electron chi connectivity index (χ0n) is 24.8. The van der Waals surface area contributed by atoms with Crippen molar-refractivity contribution in [3.8, 4) is 11.3 Å². The van der Waals surface area contributed by atoms with Crippen LogP contribution in [0.4, 0.5) is 5.69 Å². The van der Waals surface area contributed by atoms with Gasteiger partial charge in [0.2, 0.25) is 11.8 Å². The van der Waals surface area contributed by atoms with Crippen molar-refractivity contribution in [2.45, 2.75) is 82.7 Å². The number of aromatic nitrogens is 3. The number of benzene rings is 1. The summed E-state index contributed by atoms with van der Waals surface area (Å²) in [7, 11) is 0. The number of nitrogens with zero attached hydrogens (tertiary/aromatic N) is 4. The second kappa shape index (κ2) is 10.1. The van der Waals surface area contributed by atoms with Crippen LogP contribution in [-0.2, 0) is 9.59 Å². The lowest BCUT2D eigenvalue weighted by molar-refractivity contribution is -0.136. The number of nitrogens with one attached hydrogen (secondary N) is 2. The summed E-state index contributed by atoms with van der Waals surface area (Å²) in [5, 5.41) is 10.8. The molecule has 1 atom stereocenters. The smallest absolute Gasteiger partial charge is 0.262 e. The summed E-state index contributed by atoms with van der Waals surface area (Å²) in [5.41, 5.74) is 6.34. The van der Waals surface area contributed by atoms with Crippen molar-refractivity contribution in [1.82, 2.24) is 25.0 Å². The molecule has 4 amide bonds. The van der Waals surface area contributed by atoms with E-state index in [0.717, 1.165) is 34.9 Å². The van der Waals surface area contributed by atoms with Crippen LogP contribution < -0.4 is 10.6 Å². The van der Waals surface area contributed by atoms with Crippen LogP contribution in [-0.4, -0.2) is 55.9 Å². The number of pyridine rings is 1. The Labute approximate surface area is 255 Å². The predicted octanol–water partition coefficient (Wildman–Crippen LogP) is 4.77. The monoisotopic (exact) mass is 592 g/mol. The molecule has 10 nitrogen and oxygen atoms in total. The number of hydrogen-bond acceptors (Lipinski definition) is 7. The van der Waals surface area contributed by atoms with Crippen molar-refractivity contribution in [3.05, 3.63) is 65.1 Å². The fourth-order valence-electron chi connectivity index (χ4n) is 7.97. The van der Waals surface area contributed by atoms with Gasteiger partial charge in [0.25, 0.3) is 11.8 Å². The Morgan fingerprint density at radius 1 is 0.955 bits per heavy atom. The number of rotatable bonds is 8. The molecule has 0 bridgehead atoms. The van der Waals surface area contributed by atoms with Crippen LogP contribution in [0.2, 0.25) is 0 Å². The molecule has 8 rings (SSSR count). The van der Waals surface area contributed by atoms with E-state index in [1.54, 1.807) is 12.1 Å². The Hall–Kier alpha value is -4.34. The van der Waals surface area contributed by atoms with Gasteiger partial charge in [-0.2, -0.15) is 5.10 Å². The van der Waals surface area contributed by atoms with Gasteiger partial charge in [-0.3, -0.25) is 39.1 Å². The van der Waals surface area contributed by atoms with Gasteiger partial charge < -0.3 is 5.32 Å². The molecule has 2 aliphatic heterocycles. The minimum atomic E-state index is -0.950. The number of piperidine rings is 1. The molecule has 3 aromatic rings. The lowest BCUT2D eigenvalue weighted by atomic mass is 9.49. The number of hydrogen-bond donors (Lipinski definition) is 2. The van der Waals surface area contributed by atoms with E-state index in [1.165, 1.54) is 49.8 Å². The third-order valence-electron chi connectivity index (χ3n) is 10.4. The van der Waals surface area contributed by atoms with Crippen LogP contribution in [0.25, 0.3) is 11.3 Å². The number of anilines is 1. The summed E-state index contributed by atoms with van der Waals surface area (Å²) in [6, 6.07) is 10.9. The summed E-state index contributed by atoms with van der Waals surface area (Å²) >= 11 is 0. The topological polar surface area (TPSA) is 126 Å². The summed E-state index contributed by atoms with van der Waals surface area (Å²) in [4.78, 5) is 55.7. The molecule has 2 aromatic heterocycles. The molecule has 1 aromatic carbocycles. The Morgan fingerprint density at radius 3 is 2.50 bits per heavy atom. The normalized spacial score (nSPS) is 27.7. The van der Waals surface area contributed by atoms with E-state index in [0.29, 0.717) is 34.4 Å². The van der Waals surface area contributed by atoms with Crippen LogP contribution in [0.5, 0.6) is 0 Å². The second-order valence-electron chi connectivity index (χ2n) is 13.6. The number of imide groups is 2. The number of amides is 4. The SMILES string of the molecule is Cc1cccc(-c2cn(C3CC4(CC(CCNc5ccc6c(c5)C(=O)N(C5CCC(=O)NC5=O)C6=O)C4)C3)nc2C2CC2)n1. The van der Waals surface area contributed by atoms with Crippen molar-refractivity contribution in [2.24, 2.45) is 11.3 Å². The van der Waals surface area contributed by atoms with Crippen molar-refractivity contribution in [3.63, 3.8) is 0 Å². The Kier molecular flexibility index (Phi) is 6.25. The Morgan fingerprint density at radius 2 is 1.75 bits per heavy atom. The number of aryl methyl sites for hydroxylation is 1. The van der Waals surface area contributed by atoms with Crippen LogP contribution in [0.1, 0.15) is 102 Å². The summed E-state index contributed by atoms with van der Waals surface area (Å²) in [6.45, 7) is 2.83. The highest BCUT2D eigenvalue weighted by atomic mass is 16.2. The fourth-order valence-corrected chi connectivity index (χ4v) is 7.97. The maximum Gasteiger partial charge on any atom is 0.262 e. The maximum atomic E-state index is 13.1. The minimum absolute atomic E-state index is 0.108. The maximum absolute atomic E-state index is 13.1. The van der Waals surface area contributed by atoms with Crippen molar-refractivity contribution < 1.29 is 19.2 Å². The van der Waals surface area contributed by atoms with Crippen molar-refractivity contribution >= 4 is 29.3 Å². The van der Waals surface area contributed by atoms with E-state index in [-0.39, 0.29) is 18.7 Å². The van der Waals surface area contributed by atoms with Gasteiger partial charge in [-0.05, 0) is 100.0 Å². The first-order chi connectivity index (χ1) is 21.3. The van der Waals surface area contributed by atoms with Crippen molar-refractivity contribution in [2.75, 3.05) is 11.9 Å². The summed E-state index contributed by atoms with van der Waals surface area (Å²) in [5.74, 6) is -0.678. The van der Waals surface area contributed by atoms with Crippen LogP contribution in [0.3, 0.4) is 0 Å². The lowest BCUT2D eigenvalue weighted by Gasteiger charge is -2.58. The number of carbonyl (C=O) groups is 4. The molecule has 10 heteroatoms. The fraction of sp³-hybridized carbons (Fsp3) is 0.471. The molecular formula is C34H36N6O4. The van der Waals surface area contributed by atoms with Gasteiger partial charge >= 0.3 is 0 Å². The van der Waals surface area contributed by atoms with Crippen LogP contribution in [0, 0.1) is 18.3 Å². The number of fused-ring (bicyclic) bond motifs is 1. The average molecular weight is 593 g/mol. The zero-order chi connectivity index (χ0) is 30.2. The number of carbonyl (C=O) groups excluding carboxylic acids is 4. The van der Waals surface area contributed by atoms with Crippen LogP contribution in [0.15, 0.2) is 42.6 Å². The van der Waals surface area contributed by atoms with Gasteiger partial charge in [0.15, 0.2) is 0 Å². The molecule has 5 aliphatic rings. The highest BCUT2D eigenvalue weighted by Crippen LogP contribution is 2.63. The molecule has 2 N–H and O–H groups in total. The van der Waals surface area contributed by atoms with Gasteiger partial charge in [-0.15, -0.1) is 0 Å². The van der Waals surface area contributed by atoms with E-state index in [1.807, 2.05) is 19.1 Å². The standard InChI is InChI=1S/C34H36N6O4/c1-19-3-2-4-27(36-19)26-18-39(38-30(26)21-5-6-21)23-16-34(17-23)14-20(15-34)11-12-35-22-7-8-24-25(13-22)33(44)40(32(24)43)28-9-10-29(41)37-31(28)42/h2-4,7-8,13,18,20-21,23,28,35H,5-6,9-12,14-17H2,1H3,(H,37,41,42). The van der Waals surface area contributed by atoms with Gasteiger partial charge in [0.05, 0.1) is 28.6 Å².